The minimum atomic E-state index is -0.753. The first kappa shape index (κ1) is 19.3. The third-order valence-electron chi connectivity index (χ3n) is 4.66. The maximum atomic E-state index is 13.7. The van der Waals surface area contributed by atoms with Crippen LogP contribution in [0.4, 0.5) is 15.8 Å². The van der Waals surface area contributed by atoms with Gasteiger partial charge in [0.05, 0.1) is 11.3 Å². The number of nitrogens with zero attached hydrogens (tertiary/aromatic N) is 3. The highest BCUT2D eigenvalue weighted by molar-refractivity contribution is 6.09. The summed E-state index contributed by atoms with van der Waals surface area (Å²) in [6.45, 7) is 1.67. The van der Waals surface area contributed by atoms with E-state index < -0.39 is 11.7 Å². The molecule has 144 valence electrons. The zero-order chi connectivity index (χ0) is 20.1. The number of amidine groups is 1. The standard InChI is InChI=1S/C20H19FN4O3/c21-16-10-13(4-5-15(16)12-26)19(22)23-20(27)14-6-7-18(17(11-14)24-28)25-8-2-1-3-9-25/h4-7,10-12H,1-3,8-9H2,(H2,22,23,27). The highest BCUT2D eigenvalue weighted by Gasteiger charge is 2.17. The number of aliphatic imine (C=N–C) groups is 1. The number of aldehydes is 1. The van der Waals surface area contributed by atoms with Gasteiger partial charge in [0.25, 0.3) is 5.91 Å². The number of amides is 1. The maximum absolute atomic E-state index is 13.7. The Morgan fingerprint density at radius 3 is 2.43 bits per heavy atom. The average Bonchev–Trinajstić information content (AvgIpc) is 2.73. The van der Waals surface area contributed by atoms with Crippen molar-refractivity contribution in [3.05, 3.63) is 63.8 Å². The minimum Gasteiger partial charge on any atom is -0.383 e. The molecular formula is C20H19FN4O3. The maximum Gasteiger partial charge on any atom is 0.279 e. The monoisotopic (exact) mass is 382 g/mol. The van der Waals surface area contributed by atoms with Gasteiger partial charge in [-0.3, -0.25) is 9.59 Å². The van der Waals surface area contributed by atoms with E-state index in [1.807, 2.05) is 0 Å². The third kappa shape index (κ3) is 4.11. The van der Waals surface area contributed by atoms with Crippen molar-refractivity contribution in [3.8, 4) is 0 Å². The fraction of sp³-hybridized carbons (Fsp3) is 0.250. The van der Waals surface area contributed by atoms with Crippen LogP contribution in [0.1, 0.15) is 45.5 Å². The van der Waals surface area contributed by atoms with Crippen LogP contribution in [0.15, 0.2) is 46.6 Å². The number of carbonyl (C=O) groups excluding carboxylic acids is 2. The molecule has 0 unspecified atom stereocenters. The molecule has 0 atom stereocenters. The van der Waals surface area contributed by atoms with Crippen LogP contribution >= 0.6 is 0 Å². The molecule has 1 amide bonds. The SMILES string of the molecule is NC(=NC(=O)c1ccc(N2CCCCC2)c(N=O)c1)c1ccc(C=O)c(F)c1. The number of nitrogens with two attached hydrogens (primary N) is 1. The summed E-state index contributed by atoms with van der Waals surface area (Å²) in [6, 6.07) is 8.32. The van der Waals surface area contributed by atoms with Crippen LogP contribution in [-0.2, 0) is 0 Å². The molecule has 1 aliphatic heterocycles. The lowest BCUT2D eigenvalue weighted by molar-refractivity contribution is 0.100. The highest BCUT2D eigenvalue weighted by atomic mass is 19.1. The van der Waals surface area contributed by atoms with Crippen LogP contribution in [0.5, 0.6) is 0 Å². The summed E-state index contributed by atoms with van der Waals surface area (Å²) in [5.41, 5.74) is 6.87. The largest absolute Gasteiger partial charge is 0.383 e. The van der Waals surface area contributed by atoms with Gasteiger partial charge in [0.1, 0.15) is 17.3 Å². The van der Waals surface area contributed by atoms with Gasteiger partial charge < -0.3 is 10.6 Å². The Kier molecular flexibility index (Phi) is 5.88. The number of nitroso groups, excluding NO2 is 1. The van der Waals surface area contributed by atoms with E-state index in [9.17, 15) is 18.9 Å². The van der Waals surface area contributed by atoms with Crippen molar-refractivity contribution < 1.29 is 14.0 Å². The number of anilines is 1. The van der Waals surface area contributed by atoms with Gasteiger partial charge in [-0.15, -0.1) is 4.91 Å². The Morgan fingerprint density at radius 2 is 1.79 bits per heavy atom. The van der Waals surface area contributed by atoms with E-state index >= 15 is 0 Å². The predicted molar refractivity (Wildman–Crippen MR) is 105 cm³/mol. The first-order chi connectivity index (χ1) is 13.5. The van der Waals surface area contributed by atoms with E-state index in [2.05, 4.69) is 15.1 Å². The average molecular weight is 382 g/mol. The zero-order valence-corrected chi connectivity index (χ0v) is 15.1. The van der Waals surface area contributed by atoms with Crippen molar-refractivity contribution in [2.24, 2.45) is 15.9 Å². The van der Waals surface area contributed by atoms with Gasteiger partial charge in [0.2, 0.25) is 0 Å². The fourth-order valence-corrected chi connectivity index (χ4v) is 3.15. The van der Waals surface area contributed by atoms with Gasteiger partial charge in [-0.25, -0.2) is 4.39 Å². The summed E-state index contributed by atoms with van der Waals surface area (Å²) in [4.78, 5) is 40.2. The molecule has 0 spiro atoms. The number of rotatable bonds is 5. The molecule has 0 radical (unpaired) electrons. The van der Waals surface area contributed by atoms with Crippen molar-refractivity contribution in [1.82, 2.24) is 0 Å². The first-order valence-electron chi connectivity index (χ1n) is 8.89. The minimum absolute atomic E-state index is 0.113. The van der Waals surface area contributed by atoms with Gasteiger partial charge in [0.15, 0.2) is 6.29 Å². The Bertz CT molecular complexity index is 952. The molecule has 2 N–H and O–H groups in total. The molecule has 3 rings (SSSR count). The number of benzene rings is 2. The molecule has 8 heteroatoms. The molecule has 1 heterocycles. The number of carbonyl (C=O) groups is 2. The van der Waals surface area contributed by atoms with Crippen molar-refractivity contribution >= 4 is 29.4 Å². The summed E-state index contributed by atoms with van der Waals surface area (Å²) in [5.74, 6) is -1.62. The lowest BCUT2D eigenvalue weighted by Crippen LogP contribution is -2.29. The van der Waals surface area contributed by atoms with E-state index in [4.69, 9.17) is 5.73 Å². The number of piperidine rings is 1. The van der Waals surface area contributed by atoms with Gasteiger partial charge in [-0.2, -0.15) is 4.99 Å². The Hall–Kier alpha value is -3.42. The smallest absolute Gasteiger partial charge is 0.279 e. The van der Waals surface area contributed by atoms with E-state index in [1.165, 1.54) is 18.2 Å². The molecule has 0 saturated carbocycles. The van der Waals surface area contributed by atoms with Crippen LogP contribution in [0.25, 0.3) is 0 Å². The number of hydrogen-bond donors (Lipinski definition) is 1. The summed E-state index contributed by atoms with van der Waals surface area (Å²) < 4.78 is 13.7. The fourth-order valence-electron chi connectivity index (χ4n) is 3.15. The molecular weight excluding hydrogens is 363 g/mol. The molecule has 7 nitrogen and oxygen atoms in total. The van der Waals surface area contributed by atoms with Gasteiger partial charge >= 0.3 is 0 Å². The molecule has 1 aliphatic rings. The summed E-state index contributed by atoms with van der Waals surface area (Å²) in [6.07, 6.45) is 3.62. The second-order valence-electron chi connectivity index (χ2n) is 6.50. The van der Waals surface area contributed by atoms with Crippen LogP contribution in [0.3, 0.4) is 0 Å². The summed E-state index contributed by atoms with van der Waals surface area (Å²) in [7, 11) is 0. The predicted octanol–water partition coefficient (Wildman–Crippen LogP) is 3.57. The second-order valence-corrected chi connectivity index (χ2v) is 6.50. The topological polar surface area (TPSA) is 105 Å². The van der Waals surface area contributed by atoms with E-state index in [1.54, 1.807) is 12.1 Å². The summed E-state index contributed by atoms with van der Waals surface area (Å²) in [5, 5.41) is 3.05. The third-order valence-corrected chi connectivity index (χ3v) is 4.66. The first-order valence-corrected chi connectivity index (χ1v) is 8.89. The quantitative estimate of drug-likeness (QED) is 0.368. The lowest BCUT2D eigenvalue weighted by atomic mass is 10.1. The van der Waals surface area contributed by atoms with E-state index in [0.717, 1.165) is 38.4 Å². The zero-order valence-electron chi connectivity index (χ0n) is 15.1. The Balaban J connectivity index is 1.85. The van der Waals surface area contributed by atoms with Crippen molar-refractivity contribution in [2.75, 3.05) is 18.0 Å². The highest BCUT2D eigenvalue weighted by Crippen LogP contribution is 2.32. The molecule has 0 aromatic heterocycles. The molecule has 2 aromatic rings. The molecule has 0 aliphatic carbocycles. The van der Waals surface area contributed by atoms with Crippen LogP contribution in [0.2, 0.25) is 0 Å². The van der Waals surface area contributed by atoms with Crippen LogP contribution in [-0.4, -0.2) is 31.1 Å². The lowest BCUT2D eigenvalue weighted by Gasteiger charge is -2.29. The van der Waals surface area contributed by atoms with Gasteiger partial charge in [-0.1, -0.05) is 6.07 Å². The van der Waals surface area contributed by atoms with E-state index in [-0.39, 0.29) is 28.2 Å². The normalized spacial score (nSPS) is 14.6. The van der Waals surface area contributed by atoms with Crippen molar-refractivity contribution in [3.63, 3.8) is 0 Å². The Labute approximate surface area is 161 Å². The molecule has 1 saturated heterocycles. The second kappa shape index (κ2) is 8.51. The number of halogens is 1. The Morgan fingerprint density at radius 1 is 1.07 bits per heavy atom. The number of hydrogen-bond acceptors (Lipinski definition) is 5. The van der Waals surface area contributed by atoms with Crippen LogP contribution < -0.4 is 10.6 Å². The van der Waals surface area contributed by atoms with Gasteiger partial charge in [-0.05, 0) is 54.8 Å². The molecule has 0 bridgehead atoms. The molecule has 2 aromatic carbocycles. The molecule has 1 fully saturated rings. The molecule has 28 heavy (non-hydrogen) atoms. The van der Waals surface area contributed by atoms with Crippen molar-refractivity contribution in [2.45, 2.75) is 19.3 Å². The van der Waals surface area contributed by atoms with Crippen molar-refractivity contribution in [1.29, 1.82) is 0 Å². The van der Waals surface area contributed by atoms with Crippen LogP contribution in [0, 0.1) is 10.7 Å². The van der Waals surface area contributed by atoms with E-state index in [0.29, 0.717) is 12.0 Å². The van der Waals surface area contributed by atoms with Gasteiger partial charge in [0, 0.05) is 24.2 Å². The summed E-state index contributed by atoms with van der Waals surface area (Å²) >= 11 is 0.